The maximum atomic E-state index is 13.7. The van der Waals surface area contributed by atoms with Crippen LogP contribution in [-0.2, 0) is 99.2 Å². The van der Waals surface area contributed by atoms with Crippen LogP contribution >= 0.6 is 7.26 Å². The zero-order chi connectivity index (χ0) is 106. The predicted octanol–water partition coefficient (Wildman–Crippen LogP) is 5.02. The summed E-state index contributed by atoms with van der Waals surface area (Å²) in [7, 11) is 17.5. The monoisotopic (exact) mass is 2040 g/mol. The van der Waals surface area contributed by atoms with Crippen molar-refractivity contribution in [3.63, 3.8) is 0 Å². The first kappa shape index (κ1) is 107. The number of aryl methyl sites for hydroxylation is 10. The fraction of sp³-hybridized carbons (Fsp3) is 0.303. The minimum atomic E-state index is -2.03. The fourth-order valence-electron chi connectivity index (χ4n) is 16.2. The Balaban J connectivity index is 0.476. The molecule has 49 heteroatoms. The van der Waals surface area contributed by atoms with E-state index < -0.39 is 84.1 Å². The summed E-state index contributed by atoms with van der Waals surface area (Å²) in [6, 6.07) is 39.0. The smallest absolute Gasteiger partial charge is 0.292 e. The van der Waals surface area contributed by atoms with Gasteiger partial charge in [-0.25, -0.2) is 24.9 Å². The van der Waals surface area contributed by atoms with Crippen LogP contribution < -0.4 is 101 Å². The molecule has 13 aromatic rings. The largest absolute Gasteiger partial charge is 0.356 e. The molecule has 774 valence electrons. The highest BCUT2D eigenvalue weighted by Crippen LogP contribution is 2.56. The molecule has 0 saturated carbocycles. The normalized spacial score (nSPS) is 11.1. The van der Waals surface area contributed by atoms with Gasteiger partial charge in [0.2, 0.25) is 64.6 Å². The van der Waals surface area contributed by atoms with Crippen molar-refractivity contribution in [2.75, 3.05) is 119 Å². The number of rotatable bonds is 48. The molecule has 48 nitrogen and oxygen atoms in total. The van der Waals surface area contributed by atoms with Crippen LogP contribution in [0.3, 0.4) is 0 Å². The Morgan fingerprint density at radius 2 is 0.500 bits per heavy atom. The van der Waals surface area contributed by atoms with Crippen LogP contribution in [0.25, 0.3) is 0 Å². The van der Waals surface area contributed by atoms with Crippen LogP contribution in [0.5, 0.6) is 0 Å². The van der Waals surface area contributed by atoms with Gasteiger partial charge in [0.05, 0.1) is 34.6 Å². The highest BCUT2D eigenvalue weighted by molar-refractivity contribution is 7.95. The Labute approximate surface area is 849 Å². The maximum absolute atomic E-state index is 13.7. The molecular formula is C99H118N32O16P+. The molecule has 0 saturated heterocycles. The second-order valence-corrected chi connectivity index (χ2v) is 38.9. The lowest BCUT2D eigenvalue weighted by Crippen LogP contribution is -2.33. The zero-order valence-corrected chi connectivity index (χ0v) is 84.6. The second-order valence-electron chi connectivity index (χ2n) is 35.3. The molecule has 0 atom stereocenters. The Hall–Kier alpha value is -18.0. The fourth-order valence-corrected chi connectivity index (χ4v) is 20.6. The van der Waals surface area contributed by atoms with Crippen molar-refractivity contribution in [1.82, 2.24) is 107 Å². The van der Waals surface area contributed by atoms with Crippen LogP contribution in [0.15, 0.2) is 183 Å². The van der Waals surface area contributed by atoms with E-state index in [2.05, 4.69) is 183 Å². The number of nitrogens with zero attached hydrogens (tertiary/aromatic N) is 16. The van der Waals surface area contributed by atoms with Crippen molar-refractivity contribution in [1.29, 1.82) is 0 Å². The number of aromatic nitrogens is 15. The number of carbonyl (C=O) groups is 16. The number of benzene rings is 3. The van der Waals surface area contributed by atoms with Crippen LogP contribution in [0.2, 0.25) is 0 Å². The molecular weight excluding hydrogens is 1920 g/mol. The highest BCUT2D eigenvalue weighted by atomic mass is 31.2. The second kappa shape index (κ2) is 49.3. The zero-order valence-electron chi connectivity index (χ0n) is 83.7. The molecule has 13 rings (SSSR count). The van der Waals surface area contributed by atoms with Crippen LogP contribution in [0, 0.1) is 0 Å². The van der Waals surface area contributed by atoms with Gasteiger partial charge in [-0.2, -0.15) is 0 Å². The Morgan fingerprint density at radius 1 is 0.243 bits per heavy atom. The lowest BCUT2D eigenvalue weighted by Gasteiger charge is -2.27. The molecule has 148 heavy (non-hydrogen) atoms. The summed E-state index contributed by atoms with van der Waals surface area (Å²) in [5.74, 6) is -8.67. The number of unbranched alkanes of at least 4 members (excludes halogenated alkanes) is 1. The minimum absolute atomic E-state index is 0.00307. The molecule has 16 N–H and O–H groups in total. The van der Waals surface area contributed by atoms with Crippen LogP contribution in [0.4, 0.5) is 57.5 Å². The van der Waals surface area contributed by atoms with Crippen molar-refractivity contribution in [2.24, 2.45) is 70.5 Å². The molecule has 0 bridgehead atoms. The first-order valence-electron chi connectivity index (χ1n) is 47.2. The van der Waals surface area contributed by atoms with Crippen molar-refractivity contribution >= 4 is 175 Å². The van der Waals surface area contributed by atoms with E-state index in [1.165, 1.54) is 158 Å². The molecule has 10 heterocycles. The average molecular weight is 2040 g/mol. The average Bonchev–Trinajstić information content (AvgIpc) is 1.25. The van der Waals surface area contributed by atoms with Gasteiger partial charge in [-0.15, -0.1) is 0 Å². The Morgan fingerprint density at radius 3 is 0.858 bits per heavy atom. The van der Waals surface area contributed by atoms with Crippen molar-refractivity contribution in [3.8, 4) is 0 Å². The molecule has 3 aromatic carbocycles. The van der Waals surface area contributed by atoms with Gasteiger partial charge in [0.25, 0.3) is 59.1 Å². The molecule has 16 amide bonds. The topological polar surface area (TPSA) is 583 Å². The predicted molar refractivity (Wildman–Crippen MR) is 555 cm³/mol. The van der Waals surface area contributed by atoms with Crippen molar-refractivity contribution in [2.45, 2.75) is 64.2 Å². The highest BCUT2D eigenvalue weighted by Gasteiger charge is 2.45. The van der Waals surface area contributed by atoms with E-state index in [1.807, 2.05) is 37.2 Å². The Kier molecular flexibility index (Phi) is 35.8. The number of carbonyl (C=O) groups excluding carboxylic acids is 16. The van der Waals surface area contributed by atoms with E-state index in [9.17, 15) is 76.7 Å². The van der Waals surface area contributed by atoms with Gasteiger partial charge in [-0.3, -0.25) is 76.7 Å². The molecule has 0 aliphatic heterocycles. The SMILES string of the molecule is CN(C)CCCNC(=O)CCNC(=O)c1nc(NC(=O)c2nc(NC(=O)CCNC(=O)c3cc(NC(=O)c4nc(NC(=O)c5nc(NC(=O)CCCNC(=O)c6cc(NC(=O)c7cc(NC(=O)c8nc(NC(=O)CCNC(=O)c9cc(NC(=O)c%10cc(NC(=O)CCNC(=O)CCCC[P+](c%11ccccc%11)(c%11ccccc%11)c%11ccccc%11)cn%10C)cn9C)cn8C)cn7C)cn6C)cn5C)cn4C)cn3C)cn2C)cn1C. The third kappa shape index (κ3) is 28.3. The third-order valence-electron chi connectivity index (χ3n) is 23.5. The van der Waals surface area contributed by atoms with E-state index in [-0.39, 0.29) is 193 Å². The van der Waals surface area contributed by atoms with Gasteiger partial charge in [0.1, 0.15) is 51.6 Å². The minimum Gasteiger partial charge on any atom is -0.356 e. The summed E-state index contributed by atoms with van der Waals surface area (Å²) in [6.07, 6.45) is 18.0. The number of amides is 16. The molecule has 0 fully saturated rings. The summed E-state index contributed by atoms with van der Waals surface area (Å²) >= 11 is 0. The molecule has 10 aromatic heterocycles. The van der Waals surface area contributed by atoms with E-state index in [0.717, 1.165) is 25.5 Å². The van der Waals surface area contributed by atoms with Gasteiger partial charge in [-0.05, 0) is 113 Å². The van der Waals surface area contributed by atoms with Crippen LogP contribution in [-0.4, -0.2) is 236 Å². The van der Waals surface area contributed by atoms with Crippen molar-refractivity contribution < 1.29 is 76.7 Å². The summed E-state index contributed by atoms with van der Waals surface area (Å²) in [6.45, 7) is 1.37. The van der Waals surface area contributed by atoms with Gasteiger partial charge in [0.15, 0.2) is 29.1 Å². The number of nitrogens with one attached hydrogen (secondary N) is 16. The lowest BCUT2D eigenvalue weighted by atomic mass is 10.2. The van der Waals surface area contributed by atoms with Gasteiger partial charge < -0.3 is 136 Å². The molecule has 0 spiro atoms. The summed E-state index contributed by atoms with van der Waals surface area (Å²) in [5.41, 5.74) is 2.17. The summed E-state index contributed by atoms with van der Waals surface area (Å²) in [5, 5.41) is 47.1. The first-order valence-corrected chi connectivity index (χ1v) is 49.2. The molecule has 0 unspecified atom stereocenters. The van der Waals surface area contributed by atoms with Crippen LogP contribution in [0.1, 0.15) is 170 Å². The van der Waals surface area contributed by atoms with E-state index in [4.69, 9.17) is 0 Å². The standard InChI is InChI=1S/C99H117N32O16P/c1-121(2)44-25-39-100-80(133)34-41-105-95(143)85-117-77(59-127(85)8)119-98(146)89-116-76(58-130(89)11)113-84(137)37-43-104-92(140)71-49-64(54-124(71)5)109-97(145)87-118-78(60-131(87)12)120-99(147)88-115-74(56-129(88)10)111-81(134)33-24-38-102-90(138)69-47-62(52-122(69)3)108-94(142)73-50-65(55-126(73)7)110-96(144)86-114-75(57-128(86)9)112-83(136)36-42-103-91(139)70-48-63(53-123(70)4)107-93(141)72-46-61(51-125(72)6)106-82(135)35-40-101-79(132)32-22-23-45-148(66-26-16-13-17-27-66,67-28-18-14-19-29-67)68-30-20-15-21-31-68/h13-21,26-31,46-60H,22-25,32-45H2,1-12H3,(H15-,100,101,102,103,104,105,106,107,108,109,110,111,112,113,119,120,132,133,134,135,136,137,138,139,140,141,142,143,144,145,146,147)/p+1. The molecule has 0 aliphatic rings. The quantitative estimate of drug-likeness (QED) is 0.0176. The number of imidazole rings is 5. The number of hydrogen-bond acceptors (Lipinski definition) is 22. The summed E-state index contributed by atoms with van der Waals surface area (Å²) < 4.78 is 14.4. The lowest BCUT2D eigenvalue weighted by molar-refractivity contribution is -0.122. The van der Waals surface area contributed by atoms with Crippen molar-refractivity contribution in [3.05, 3.63) is 241 Å². The molecule has 0 radical (unpaired) electrons. The van der Waals surface area contributed by atoms with E-state index in [0.29, 0.717) is 30.8 Å². The van der Waals surface area contributed by atoms with Gasteiger partial charge in [-0.1, -0.05) is 54.6 Å². The van der Waals surface area contributed by atoms with E-state index in [1.54, 1.807) is 66.3 Å². The summed E-state index contributed by atoms with van der Waals surface area (Å²) in [4.78, 5) is 235. The number of anilines is 10. The van der Waals surface area contributed by atoms with Gasteiger partial charge in [0, 0.05) is 210 Å². The molecule has 0 aliphatic carbocycles. The Bertz CT molecular complexity index is 7030. The maximum Gasteiger partial charge on any atom is 0.292 e. The first-order chi connectivity index (χ1) is 70.8. The third-order valence-corrected chi connectivity index (χ3v) is 28.0. The number of hydrogen-bond donors (Lipinski definition) is 16. The van der Waals surface area contributed by atoms with Gasteiger partial charge >= 0.3 is 0 Å². The van der Waals surface area contributed by atoms with E-state index >= 15 is 0 Å².